The number of rotatable bonds is 3. The van der Waals surface area contributed by atoms with Crippen LogP contribution in [0.3, 0.4) is 0 Å². The lowest BCUT2D eigenvalue weighted by molar-refractivity contribution is -0.137. The standard InChI is InChI=1S/C12H17F3N2S/c1-11(2,3)9(16)7-18-10-5-4-8(6-17-10)12(13,14)15/h4-6,9H,7,16H2,1-3H3. The van der Waals surface area contributed by atoms with Crippen LogP contribution in [0.25, 0.3) is 0 Å². The summed E-state index contributed by atoms with van der Waals surface area (Å²) in [7, 11) is 0. The lowest BCUT2D eigenvalue weighted by Gasteiger charge is -2.26. The molecule has 2 nitrogen and oxygen atoms in total. The van der Waals surface area contributed by atoms with Gasteiger partial charge in [-0.1, -0.05) is 20.8 Å². The third kappa shape index (κ3) is 4.49. The molecule has 6 heteroatoms. The molecule has 0 aliphatic carbocycles. The lowest BCUT2D eigenvalue weighted by Crippen LogP contribution is -2.37. The van der Waals surface area contributed by atoms with E-state index in [0.29, 0.717) is 10.8 Å². The van der Waals surface area contributed by atoms with Gasteiger partial charge in [0.25, 0.3) is 0 Å². The van der Waals surface area contributed by atoms with Crippen LogP contribution >= 0.6 is 11.8 Å². The molecule has 0 aliphatic heterocycles. The largest absolute Gasteiger partial charge is 0.417 e. The Hall–Kier alpha value is -0.750. The Morgan fingerprint density at radius 1 is 1.28 bits per heavy atom. The minimum absolute atomic E-state index is 0.0289. The van der Waals surface area contributed by atoms with E-state index in [1.165, 1.54) is 17.8 Å². The Balaban J connectivity index is 2.60. The van der Waals surface area contributed by atoms with Crippen LogP contribution in [-0.2, 0) is 6.18 Å². The molecule has 0 aliphatic rings. The van der Waals surface area contributed by atoms with Crippen molar-refractivity contribution in [2.75, 3.05) is 5.75 Å². The molecule has 0 spiro atoms. The number of alkyl halides is 3. The molecular formula is C12H17F3N2S. The summed E-state index contributed by atoms with van der Waals surface area (Å²) in [5.74, 6) is 0.627. The summed E-state index contributed by atoms with van der Waals surface area (Å²) < 4.78 is 37.0. The Bertz CT molecular complexity index is 382. The van der Waals surface area contributed by atoms with Crippen LogP contribution in [0.5, 0.6) is 0 Å². The maximum atomic E-state index is 12.3. The number of nitrogens with zero attached hydrogens (tertiary/aromatic N) is 1. The van der Waals surface area contributed by atoms with Gasteiger partial charge >= 0.3 is 6.18 Å². The van der Waals surface area contributed by atoms with Crippen LogP contribution in [0.2, 0.25) is 0 Å². The van der Waals surface area contributed by atoms with Crippen molar-refractivity contribution in [3.05, 3.63) is 23.9 Å². The number of thioether (sulfide) groups is 1. The molecule has 1 aromatic rings. The number of halogens is 3. The number of aromatic nitrogens is 1. The highest BCUT2D eigenvalue weighted by Gasteiger charge is 2.30. The first-order chi connectivity index (χ1) is 8.10. The fourth-order valence-corrected chi connectivity index (χ4v) is 2.20. The molecule has 0 saturated heterocycles. The van der Waals surface area contributed by atoms with Crippen molar-refractivity contribution in [2.45, 2.75) is 38.0 Å². The monoisotopic (exact) mass is 278 g/mol. The van der Waals surface area contributed by atoms with Gasteiger partial charge in [0.05, 0.1) is 10.6 Å². The van der Waals surface area contributed by atoms with Gasteiger partial charge in [-0.3, -0.25) is 0 Å². The van der Waals surface area contributed by atoms with Gasteiger partial charge in [0.1, 0.15) is 0 Å². The molecule has 0 fully saturated rings. The van der Waals surface area contributed by atoms with Crippen LogP contribution in [0.4, 0.5) is 13.2 Å². The maximum Gasteiger partial charge on any atom is 0.417 e. The van der Waals surface area contributed by atoms with Gasteiger partial charge in [-0.15, -0.1) is 11.8 Å². The van der Waals surface area contributed by atoms with Crippen molar-refractivity contribution in [1.29, 1.82) is 0 Å². The second-order valence-electron chi connectivity index (χ2n) is 5.17. The van der Waals surface area contributed by atoms with E-state index in [0.717, 1.165) is 12.3 Å². The second-order valence-corrected chi connectivity index (χ2v) is 6.21. The topological polar surface area (TPSA) is 38.9 Å². The molecule has 1 unspecified atom stereocenters. The zero-order valence-corrected chi connectivity index (χ0v) is 11.4. The number of nitrogens with two attached hydrogens (primary N) is 1. The first-order valence-corrected chi connectivity index (χ1v) is 6.51. The van der Waals surface area contributed by atoms with Crippen LogP contribution < -0.4 is 5.73 Å². The van der Waals surface area contributed by atoms with Crippen molar-refractivity contribution < 1.29 is 13.2 Å². The summed E-state index contributed by atoms with van der Waals surface area (Å²) in [6.45, 7) is 6.08. The van der Waals surface area contributed by atoms with Crippen molar-refractivity contribution in [2.24, 2.45) is 11.1 Å². The van der Waals surface area contributed by atoms with Gasteiger partial charge in [0, 0.05) is 18.0 Å². The average molecular weight is 278 g/mol. The summed E-state index contributed by atoms with van der Waals surface area (Å²) in [5, 5.41) is 0.558. The molecule has 2 N–H and O–H groups in total. The molecule has 1 atom stereocenters. The van der Waals surface area contributed by atoms with Gasteiger partial charge in [0.2, 0.25) is 0 Å². The van der Waals surface area contributed by atoms with E-state index < -0.39 is 11.7 Å². The summed E-state index contributed by atoms with van der Waals surface area (Å²) in [5.41, 5.74) is 5.21. The highest BCUT2D eigenvalue weighted by molar-refractivity contribution is 7.99. The molecular weight excluding hydrogens is 261 g/mol. The van der Waals surface area contributed by atoms with Crippen molar-refractivity contribution in [3.63, 3.8) is 0 Å². The van der Waals surface area contributed by atoms with Gasteiger partial charge in [0.15, 0.2) is 0 Å². The third-order valence-electron chi connectivity index (χ3n) is 2.59. The van der Waals surface area contributed by atoms with Crippen LogP contribution in [0.1, 0.15) is 26.3 Å². The third-order valence-corrected chi connectivity index (χ3v) is 3.65. The molecule has 0 aromatic carbocycles. The molecule has 0 amide bonds. The van der Waals surface area contributed by atoms with Crippen LogP contribution in [0.15, 0.2) is 23.4 Å². The molecule has 1 heterocycles. The number of pyridine rings is 1. The van der Waals surface area contributed by atoms with E-state index in [-0.39, 0.29) is 11.5 Å². The Morgan fingerprint density at radius 2 is 1.89 bits per heavy atom. The van der Waals surface area contributed by atoms with Crippen LogP contribution in [0, 0.1) is 5.41 Å². The van der Waals surface area contributed by atoms with Gasteiger partial charge in [-0.05, 0) is 17.5 Å². The van der Waals surface area contributed by atoms with E-state index in [1.54, 1.807) is 0 Å². The van der Waals surface area contributed by atoms with Crippen LogP contribution in [-0.4, -0.2) is 16.8 Å². The zero-order chi connectivity index (χ0) is 14.0. The van der Waals surface area contributed by atoms with Crippen molar-refractivity contribution in [3.8, 4) is 0 Å². The van der Waals surface area contributed by atoms with E-state index in [4.69, 9.17) is 5.73 Å². The maximum absolute atomic E-state index is 12.3. The SMILES string of the molecule is CC(C)(C)C(N)CSc1ccc(C(F)(F)F)cn1. The quantitative estimate of drug-likeness (QED) is 0.859. The predicted molar refractivity (Wildman–Crippen MR) is 67.4 cm³/mol. The first kappa shape index (κ1) is 15.3. The number of hydrogen-bond donors (Lipinski definition) is 1. The molecule has 1 aromatic heterocycles. The van der Waals surface area contributed by atoms with Crippen molar-refractivity contribution >= 4 is 11.8 Å². The predicted octanol–water partition coefficient (Wildman–Crippen LogP) is 3.57. The van der Waals surface area contributed by atoms with E-state index in [2.05, 4.69) is 4.98 Å². The molecule has 0 bridgehead atoms. The van der Waals surface area contributed by atoms with Crippen molar-refractivity contribution in [1.82, 2.24) is 4.98 Å². The van der Waals surface area contributed by atoms with E-state index >= 15 is 0 Å². The zero-order valence-electron chi connectivity index (χ0n) is 10.6. The second kappa shape index (κ2) is 5.48. The van der Waals surface area contributed by atoms with Gasteiger partial charge in [-0.25, -0.2) is 4.98 Å². The average Bonchev–Trinajstić information content (AvgIpc) is 2.24. The molecule has 1 rings (SSSR count). The fourth-order valence-electron chi connectivity index (χ4n) is 1.06. The molecule has 0 saturated carbocycles. The Labute approximate surface area is 109 Å². The molecule has 18 heavy (non-hydrogen) atoms. The fraction of sp³-hybridized carbons (Fsp3) is 0.583. The van der Waals surface area contributed by atoms with Gasteiger partial charge in [-0.2, -0.15) is 13.2 Å². The van der Waals surface area contributed by atoms with E-state index in [1.807, 2.05) is 20.8 Å². The Morgan fingerprint density at radius 3 is 2.28 bits per heavy atom. The highest BCUT2D eigenvalue weighted by atomic mass is 32.2. The highest BCUT2D eigenvalue weighted by Crippen LogP contribution is 2.30. The Kier molecular flexibility index (Phi) is 4.66. The summed E-state index contributed by atoms with van der Waals surface area (Å²) >= 11 is 1.37. The minimum Gasteiger partial charge on any atom is -0.326 e. The normalized spacial score (nSPS) is 14.6. The first-order valence-electron chi connectivity index (χ1n) is 5.52. The summed E-state index contributed by atoms with van der Waals surface area (Å²) in [4.78, 5) is 3.79. The summed E-state index contributed by atoms with van der Waals surface area (Å²) in [6, 6.07) is 2.38. The number of hydrogen-bond acceptors (Lipinski definition) is 3. The van der Waals surface area contributed by atoms with E-state index in [9.17, 15) is 13.2 Å². The molecule has 102 valence electrons. The summed E-state index contributed by atoms with van der Waals surface area (Å²) in [6.07, 6.45) is -3.48. The molecule has 0 radical (unpaired) electrons. The smallest absolute Gasteiger partial charge is 0.326 e. The van der Waals surface area contributed by atoms with Gasteiger partial charge < -0.3 is 5.73 Å². The lowest BCUT2D eigenvalue weighted by atomic mass is 9.89. The minimum atomic E-state index is -4.34.